The quantitative estimate of drug-likeness (QED) is 0.332. The predicted octanol–water partition coefficient (Wildman–Crippen LogP) is 4.44. The Hall–Kier alpha value is -5.19. The predicted molar refractivity (Wildman–Crippen MR) is 142 cm³/mol. The topological polar surface area (TPSA) is 116 Å². The molecule has 1 amide bonds. The van der Waals surface area contributed by atoms with Gasteiger partial charge in [-0.05, 0) is 36.8 Å². The molecule has 4 heterocycles. The summed E-state index contributed by atoms with van der Waals surface area (Å²) in [5, 5.41) is 8.20. The lowest BCUT2D eigenvalue weighted by Gasteiger charge is -2.29. The van der Waals surface area contributed by atoms with Crippen LogP contribution in [0.5, 0.6) is 23.0 Å². The van der Waals surface area contributed by atoms with Gasteiger partial charge in [-0.3, -0.25) is 4.79 Å². The molecule has 190 valence electrons. The highest BCUT2D eigenvalue weighted by Gasteiger charge is 2.24. The average molecular weight is 510 g/mol. The van der Waals surface area contributed by atoms with Gasteiger partial charge in [0.05, 0.1) is 30.5 Å². The van der Waals surface area contributed by atoms with Gasteiger partial charge in [0.15, 0.2) is 5.65 Å². The number of hydrogen-bond donors (Lipinski definition) is 1. The fraction of sp³-hybridized carbons (Fsp3) is 0.148. The Labute approximate surface area is 217 Å². The molecular formula is C27H23N7O4. The van der Waals surface area contributed by atoms with Crippen LogP contribution in [0.3, 0.4) is 0 Å². The van der Waals surface area contributed by atoms with Crippen LogP contribution >= 0.6 is 0 Å². The first-order valence-electron chi connectivity index (χ1n) is 11.8. The minimum absolute atomic E-state index is 0.198. The summed E-state index contributed by atoms with van der Waals surface area (Å²) in [5.41, 5.74) is 3.57. The lowest BCUT2D eigenvalue weighted by atomic mass is 10.1. The van der Waals surface area contributed by atoms with Crippen LogP contribution in [0.2, 0.25) is 0 Å². The molecule has 2 aromatic carbocycles. The number of benzene rings is 2. The number of aryl methyl sites for hydroxylation is 1. The molecule has 38 heavy (non-hydrogen) atoms. The third kappa shape index (κ3) is 4.09. The Morgan fingerprint density at radius 2 is 2.03 bits per heavy atom. The zero-order chi connectivity index (χ0) is 26.2. The number of nitrogens with zero attached hydrogens (tertiary/aromatic N) is 6. The van der Waals surface area contributed by atoms with Crippen LogP contribution in [0.15, 0.2) is 67.9 Å². The SMILES string of the molecule is C=CC(=O)N1CCOc2cc3ncnc(Nc4cc(C)c(Oc5ccn6ncnc6c5)cc4OC)c3cc21. The molecule has 0 spiro atoms. The summed E-state index contributed by atoms with van der Waals surface area (Å²) < 4.78 is 19.3. The highest BCUT2D eigenvalue weighted by Crippen LogP contribution is 2.40. The van der Waals surface area contributed by atoms with Gasteiger partial charge in [0.2, 0.25) is 0 Å². The van der Waals surface area contributed by atoms with Gasteiger partial charge in [-0.1, -0.05) is 6.58 Å². The summed E-state index contributed by atoms with van der Waals surface area (Å²) in [5.74, 6) is 2.76. The monoisotopic (exact) mass is 509 g/mol. The van der Waals surface area contributed by atoms with Gasteiger partial charge in [-0.2, -0.15) is 5.10 Å². The number of methoxy groups -OCH3 is 1. The maximum atomic E-state index is 12.4. The van der Waals surface area contributed by atoms with Gasteiger partial charge >= 0.3 is 0 Å². The number of hydrogen-bond acceptors (Lipinski definition) is 9. The van der Waals surface area contributed by atoms with E-state index in [1.54, 1.807) is 22.7 Å². The molecule has 6 rings (SSSR count). The molecule has 0 saturated carbocycles. The van der Waals surface area contributed by atoms with Crippen LogP contribution in [0, 0.1) is 6.92 Å². The summed E-state index contributed by atoms with van der Waals surface area (Å²) >= 11 is 0. The van der Waals surface area contributed by atoms with Crippen molar-refractivity contribution in [3.05, 3.63) is 73.5 Å². The Bertz CT molecular complexity index is 1720. The van der Waals surface area contributed by atoms with Gasteiger partial charge < -0.3 is 24.4 Å². The van der Waals surface area contributed by atoms with Crippen molar-refractivity contribution < 1.29 is 19.0 Å². The Kier molecular flexibility index (Phi) is 5.72. The minimum atomic E-state index is -0.198. The standard InChI is InChI=1S/C27H23N7O4/c1-4-26(35)33-7-8-37-24-12-19-18(11-21(24)33)27(30-14-28-19)32-20-9-16(2)22(13-23(20)36-3)38-17-5-6-34-25(10-17)29-15-31-34/h4-6,9-15H,1,7-8H2,2-3H3,(H,28,30,32). The number of nitrogens with one attached hydrogen (secondary N) is 1. The molecular weight excluding hydrogens is 486 g/mol. The van der Waals surface area contributed by atoms with Gasteiger partial charge in [0.1, 0.15) is 48.1 Å². The van der Waals surface area contributed by atoms with Crippen molar-refractivity contribution in [1.29, 1.82) is 0 Å². The van der Waals surface area contributed by atoms with E-state index in [9.17, 15) is 4.79 Å². The van der Waals surface area contributed by atoms with Crippen molar-refractivity contribution in [1.82, 2.24) is 24.6 Å². The number of pyridine rings is 1. The Morgan fingerprint density at radius 3 is 2.87 bits per heavy atom. The Morgan fingerprint density at radius 1 is 1.13 bits per heavy atom. The summed E-state index contributed by atoms with van der Waals surface area (Å²) in [6, 6.07) is 11.0. The zero-order valence-electron chi connectivity index (χ0n) is 20.7. The summed E-state index contributed by atoms with van der Waals surface area (Å²) in [7, 11) is 1.59. The van der Waals surface area contributed by atoms with Crippen LogP contribution in [0.4, 0.5) is 17.2 Å². The fourth-order valence-electron chi connectivity index (χ4n) is 4.37. The summed E-state index contributed by atoms with van der Waals surface area (Å²) in [6.45, 7) is 6.38. The maximum absolute atomic E-state index is 12.4. The zero-order valence-corrected chi connectivity index (χ0v) is 20.7. The van der Waals surface area contributed by atoms with E-state index in [1.165, 1.54) is 18.7 Å². The number of fused-ring (bicyclic) bond motifs is 3. The van der Waals surface area contributed by atoms with Gasteiger partial charge in [0, 0.05) is 29.8 Å². The van der Waals surface area contributed by atoms with Crippen molar-refractivity contribution >= 4 is 39.6 Å². The van der Waals surface area contributed by atoms with Crippen LogP contribution in [0.25, 0.3) is 16.6 Å². The van der Waals surface area contributed by atoms with Crippen molar-refractivity contribution in [3.63, 3.8) is 0 Å². The van der Waals surface area contributed by atoms with Crippen LogP contribution in [-0.2, 0) is 4.79 Å². The summed E-state index contributed by atoms with van der Waals surface area (Å²) in [4.78, 5) is 27.2. The van der Waals surface area contributed by atoms with Crippen molar-refractivity contribution in [2.75, 3.05) is 30.5 Å². The molecule has 0 bridgehead atoms. The molecule has 1 N–H and O–H groups in total. The van der Waals surface area contributed by atoms with Crippen molar-refractivity contribution in [2.24, 2.45) is 0 Å². The van der Waals surface area contributed by atoms with Crippen molar-refractivity contribution in [3.8, 4) is 23.0 Å². The largest absolute Gasteiger partial charge is 0.494 e. The van der Waals surface area contributed by atoms with Crippen LogP contribution in [-0.4, -0.2) is 50.7 Å². The first-order valence-corrected chi connectivity index (χ1v) is 11.8. The highest BCUT2D eigenvalue weighted by atomic mass is 16.5. The highest BCUT2D eigenvalue weighted by molar-refractivity contribution is 6.05. The number of amides is 1. The second kappa shape index (κ2) is 9.36. The third-order valence-corrected chi connectivity index (χ3v) is 6.25. The van der Waals surface area contributed by atoms with Gasteiger partial charge in [-0.15, -0.1) is 0 Å². The molecule has 11 heteroatoms. The number of carbonyl (C=O) groups is 1. The number of rotatable bonds is 6. The molecule has 0 atom stereocenters. The number of aromatic nitrogens is 5. The molecule has 0 aliphatic carbocycles. The van der Waals surface area contributed by atoms with E-state index >= 15 is 0 Å². The second-order valence-electron chi connectivity index (χ2n) is 8.57. The maximum Gasteiger partial charge on any atom is 0.250 e. The molecule has 3 aromatic heterocycles. The van der Waals surface area contributed by atoms with Crippen LogP contribution in [0.1, 0.15) is 5.56 Å². The first-order chi connectivity index (χ1) is 18.5. The average Bonchev–Trinajstić information content (AvgIpc) is 3.41. The third-order valence-electron chi connectivity index (χ3n) is 6.25. The Balaban J connectivity index is 1.35. The van der Waals surface area contributed by atoms with Crippen LogP contribution < -0.4 is 24.4 Å². The molecule has 5 aromatic rings. The molecule has 1 aliphatic heterocycles. The van der Waals surface area contributed by atoms with E-state index in [0.717, 1.165) is 10.9 Å². The summed E-state index contributed by atoms with van der Waals surface area (Å²) in [6.07, 6.45) is 6.04. The number of carbonyl (C=O) groups excluding carboxylic acids is 1. The van der Waals surface area contributed by atoms with E-state index < -0.39 is 0 Å². The lowest BCUT2D eigenvalue weighted by Crippen LogP contribution is -2.36. The second-order valence-corrected chi connectivity index (χ2v) is 8.57. The van der Waals surface area contributed by atoms with E-state index in [0.29, 0.717) is 64.5 Å². The van der Waals surface area contributed by atoms with Gasteiger partial charge in [0.25, 0.3) is 5.91 Å². The number of ether oxygens (including phenoxy) is 3. The molecule has 0 saturated heterocycles. The molecule has 0 radical (unpaired) electrons. The van der Waals surface area contributed by atoms with E-state index in [2.05, 4.69) is 31.9 Å². The molecule has 0 unspecified atom stereocenters. The number of anilines is 3. The molecule has 11 nitrogen and oxygen atoms in total. The van der Waals surface area contributed by atoms with E-state index in [1.807, 2.05) is 43.3 Å². The van der Waals surface area contributed by atoms with Gasteiger partial charge in [-0.25, -0.2) is 19.5 Å². The normalized spacial score (nSPS) is 12.6. The lowest BCUT2D eigenvalue weighted by molar-refractivity contribution is -0.114. The minimum Gasteiger partial charge on any atom is -0.494 e. The smallest absolute Gasteiger partial charge is 0.250 e. The molecule has 0 fully saturated rings. The van der Waals surface area contributed by atoms with E-state index in [4.69, 9.17) is 14.2 Å². The van der Waals surface area contributed by atoms with Crippen molar-refractivity contribution in [2.45, 2.75) is 6.92 Å². The van der Waals surface area contributed by atoms with E-state index in [-0.39, 0.29) is 5.91 Å². The fourth-order valence-corrected chi connectivity index (χ4v) is 4.37. The first kappa shape index (κ1) is 23.2. The molecule has 1 aliphatic rings.